The van der Waals surface area contributed by atoms with Gasteiger partial charge in [0.1, 0.15) is 0 Å². The van der Waals surface area contributed by atoms with Crippen molar-refractivity contribution in [3.63, 3.8) is 0 Å². The number of piperidine rings is 1. The van der Waals surface area contributed by atoms with Crippen molar-refractivity contribution in [2.24, 2.45) is 5.92 Å². The molecule has 2 fully saturated rings. The van der Waals surface area contributed by atoms with Gasteiger partial charge in [0.25, 0.3) is 5.91 Å². The van der Waals surface area contributed by atoms with Gasteiger partial charge in [-0.2, -0.15) is 4.31 Å². The van der Waals surface area contributed by atoms with Gasteiger partial charge in [-0.25, -0.2) is 8.42 Å². The molecule has 0 saturated carbocycles. The normalized spacial score (nSPS) is 19.2. The molecule has 1 aromatic carbocycles. The first-order valence-electron chi connectivity index (χ1n) is 9.70. The maximum absolute atomic E-state index is 12.9. The molecule has 1 aromatic rings. The number of nitrogens with zero attached hydrogens (tertiary/aromatic N) is 2. The Labute approximate surface area is 173 Å². The minimum atomic E-state index is -3.59. The summed E-state index contributed by atoms with van der Waals surface area (Å²) >= 11 is 0. The molecule has 9 heteroatoms. The van der Waals surface area contributed by atoms with E-state index in [9.17, 15) is 13.2 Å². The number of benzene rings is 1. The van der Waals surface area contributed by atoms with E-state index >= 15 is 0 Å². The average molecular weight is 432 g/mol. The molecule has 2 aliphatic heterocycles. The van der Waals surface area contributed by atoms with Crippen LogP contribution in [0.1, 0.15) is 30.1 Å². The Kier molecular flexibility index (Phi) is 8.70. The molecule has 0 bridgehead atoms. The Hall–Kier alpha value is -1.19. The van der Waals surface area contributed by atoms with E-state index < -0.39 is 10.0 Å². The average Bonchev–Trinajstić information content (AvgIpc) is 2.73. The van der Waals surface area contributed by atoms with Crippen LogP contribution in [0.3, 0.4) is 0 Å². The van der Waals surface area contributed by atoms with Crippen LogP contribution >= 0.6 is 12.4 Å². The van der Waals surface area contributed by atoms with E-state index in [1.165, 1.54) is 10.4 Å². The summed E-state index contributed by atoms with van der Waals surface area (Å²) in [6.45, 7) is 6.98. The van der Waals surface area contributed by atoms with Crippen LogP contribution in [0.4, 0.5) is 0 Å². The molecule has 0 atom stereocenters. The van der Waals surface area contributed by atoms with E-state index in [-0.39, 0.29) is 23.2 Å². The Bertz CT molecular complexity index is 745. The van der Waals surface area contributed by atoms with E-state index in [1.807, 2.05) is 4.90 Å². The summed E-state index contributed by atoms with van der Waals surface area (Å²) in [5.41, 5.74) is 0.439. The predicted octanol–water partition coefficient (Wildman–Crippen LogP) is 1.59. The summed E-state index contributed by atoms with van der Waals surface area (Å²) in [6.07, 6.45) is 1.95. The lowest BCUT2D eigenvalue weighted by atomic mass is 9.96. The highest BCUT2D eigenvalue weighted by Gasteiger charge is 2.28. The Morgan fingerprint density at radius 2 is 1.86 bits per heavy atom. The van der Waals surface area contributed by atoms with Crippen LogP contribution in [-0.2, 0) is 14.8 Å². The monoisotopic (exact) mass is 431 g/mol. The minimum absolute atomic E-state index is 0. The van der Waals surface area contributed by atoms with Gasteiger partial charge in [0.05, 0.1) is 18.1 Å². The molecule has 158 valence electrons. The molecular weight excluding hydrogens is 402 g/mol. The minimum Gasteiger partial charge on any atom is -0.379 e. The number of hydrogen-bond acceptors (Lipinski definition) is 5. The second-order valence-electron chi connectivity index (χ2n) is 7.09. The number of carbonyl (C=O) groups excluding carboxylic acids is 1. The quantitative estimate of drug-likeness (QED) is 0.740. The summed E-state index contributed by atoms with van der Waals surface area (Å²) < 4.78 is 32.3. The predicted molar refractivity (Wildman–Crippen MR) is 110 cm³/mol. The standard InChI is InChI=1S/C19H29N3O4S.ClH/c1-2-20-15-16-6-8-21(9-7-16)19(23)17-4-3-5-18(14-17)27(24,25)22-10-12-26-13-11-22;/h3-5,14,16,20H,2,6-13,15H2,1H3;1H. The third-order valence-electron chi connectivity index (χ3n) is 5.27. The first-order valence-corrected chi connectivity index (χ1v) is 11.1. The molecule has 7 nitrogen and oxygen atoms in total. The van der Waals surface area contributed by atoms with Crippen molar-refractivity contribution < 1.29 is 17.9 Å². The van der Waals surface area contributed by atoms with Gasteiger partial charge in [0, 0.05) is 31.7 Å². The fraction of sp³-hybridized carbons (Fsp3) is 0.632. The molecule has 0 radical (unpaired) electrons. The molecule has 0 aliphatic carbocycles. The first kappa shape index (κ1) is 23.1. The number of carbonyl (C=O) groups is 1. The zero-order valence-electron chi connectivity index (χ0n) is 16.3. The van der Waals surface area contributed by atoms with Crippen LogP contribution in [0.2, 0.25) is 0 Å². The van der Waals surface area contributed by atoms with Gasteiger partial charge in [0.2, 0.25) is 10.0 Å². The van der Waals surface area contributed by atoms with Gasteiger partial charge in [-0.1, -0.05) is 13.0 Å². The lowest BCUT2D eigenvalue weighted by Crippen LogP contribution is -2.41. The number of nitrogens with one attached hydrogen (secondary N) is 1. The molecule has 0 aromatic heterocycles. The Balaban J connectivity index is 0.00000280. The number of morpholine rings is 1. The SMILES string of the molecule is CCNCC1CCN(C(=O)c2cccc(S(=O)(=O)N3CCOCC3)c2)CC1.Cl. The van der Waals surface area contributed by atoms with E-state index in [4.69, 9.17) is 4.74 Å². The second-order valence-corrected chi connectivity index (χ2v) is 9.03. The van der Waals surface area contributed by atoms with Crippen molar-refractivity contribution in [3.05, 3.63) is 29.8 Å². The van der Waals surface area contributed by atoms with Crippen molar-refractivity contribution in [1.29, 1.82) is 0 Å². The molecular formula is C19H30ClN3O4S. The van der Waals surface area contributed by atoms with Gasteiger partial charge >= 0.3 is 0 Å². The molecule has 28 heavy (non-hydrogen) atoms. The van der Waals surface area contributed by atoms with Crippen LogP contribution in [0.5, 0.6) is 0 Å². The topological polar surface area (TPSA) is 79.0 Å². The molecule has 1 amide bonds. The maximum atomic E-state index is 12.9. The number of rotatable bonds is 6. The van der Waals surface area contributed by atoms with Crippen LogP contribution in [0.25, 0.3) is 0 Å². The summed E-state index contributed by atoms with van der Waals surface area (Å²) in [4.78, 5) is 14.9. The molecule has 2 heterocycles. The van der Waals surface area contributed by atoms with Gasteiger partial charge in [-0.05, 0) is 50.0 Å². The Morgan fingerprint density at radius 3 is 2.50 bits per heavy atom. The highest BCUT2D eigenvalue weighted by Crippen LogP contribution is 2.22. The van der Waals surface area contributed by atoms with Crippen molar-refractivity contribution >= 4 is 28.3 Å². The number of sulfonamides is 1. The third kappa shape index (κ3) is 5.45. The highest BCUT2D eigenvalue weighted by molar-refractivity contribution is 7.89. The molecule has 3 rings (SSSR count). The van der Waals surface area contributed by atoms with Crippen molar-refractivity contribution in [2.45, 2.75) is 24.7 Å². The number of halogens is 1. The molecule has 2 aliphatic rings. The van der Waals surface area contributed by atoms with E-state index in [0.717, 1.165) is 39.0 Å². The number of likely N-dealkylation sites (tertiary alicyclic amines) is 1. The smallest absolute Gasteiger partial charge is 0.253 e. The molecule has 0 spiro atoms. The molecule has 2 saturated heterocycles. The van der Waals surface area contributed by atoms with Crippen LogP contribution in [0.15, 0.2) is 29.2 Å². The highest BCUT2D eigenvalue weighted by atomic mass is 35.5. The number of hydrogen-bond donors (Lipinski definition) is 1. The van der Waals surface area contributed by atoms with Gasteiger partial charge in [-0.3, -0.25) is 4.79 Å². The van der Waals surface area contributed by atoms with E-state index in [2.05, 4.69) is 12.2 Å². The lowest BCUT2D eigenvalue weighted by molar-refractivity contribution is 0.0689. The first-order chi connectivity index (χ1) is 13.0. The largest absolute Gasteiger partial charge is 0.379 e. The van der Waals surface area contributed by atoms with Gasteiger partial charge in [0.15, 0.2) is 0 Å². The van der Waals surface area contributed by atoms with E-state index in [1.54, 1.807) is 18.2 Å². The molecule has 0 unspecified atom stereocenters. The summed E-state index contributed by atoms with van der Waals surface area (Å²) in [7, 11) is -3.59. The lowest BCUT2D eigenvalue weighted by Gasteiger charge is -2.32. The fourth-order valence-electron chi connectivity index (χ4n) is 3.60. The summed E-state index contributed by atoms with van der Waals surface area (Å²) in [5.74, 6) is 0.512. The number of ether oxygens (including phenoxy) is 1. The van der Waals surface area contributed by atoms with Gasteiger partial charge < -0.3 is 15.0 Å². The van der Waals surface area contributed by atoms with Crippen LogP contribution < -0.4 is 5.32 Å². The Morgan fingerprint density at radius 1 is 1.18 bits per heavy atom. The molecule has 1 N–H and O–H groups in total. The van der Waals surface area contributed by atoms with Crippen molar-refractivity contribution in [3.8, 4) is 0 Å². The van der Waals surface area contributed by atoms with Crippen LogP contribution in [-0.4, -0.2) is 76.0 Å². The van der Waals surface area contributed by atoms with Gasteiger partial charge in [-0.15, -0.1) is 12.4 Å². The zero-order valence-corrected chi connectivity index (χ0v) is 17.9. The second kappa shape index (κ2) is 10.5. The van der Waals surface area contributed by atoms with Crippen molar-refractivity contribution in [2.75, 3.05) is 52.5 Å². The summed E-state index contributed by atoms with van der Waals surface area (Å²) in [5, 5.41) is 3.37. The zero-order chi connectivity index (χ0) is 19.3. The maximum Gasteiger partial charge on any atom is 0.253 e. The van der Waals surface area contributed by atoms with E-state index in [0.29, 0.717) is 37.8 Å². The fourth-order valence-corrected chi connectivity index (χ4v) is 5.05. The van der Waals surface area contributed by atoms with Crippen molar-refractivity contribution in [1.82, 2.24) is 14.5 Å². The van der Waals surface area contributed by atoms with Crippen LogP contribution in [0, 0.1) is 5.92 Å². The number of amides is 1. The summed E-state index contributed by atoms with van der Waals surface area (Å²) in [6, 6.07) is 6.42. The third-order valence-corrected chi connectivity index (χ3v) is 7.17.